The summed E-state index contributed by atoms with van der Waals surface area (Å²) < 4.78 is 1.68. The Morgan fingerprint density at radius 2 is 2.09 bits per heavy atom. The number of β-amino-alcohol motifs (C(OH)–C–C–N with tert-alkyl or cyclic N) is 1. The Labute approximate surface area is 131 Å². The van der Waals surface area contributed by atoms with Gasteiger partial charge in [-0.3, -0.25) is 10.00 Å². The van der Waals surface area contributed by atoms with Crippen molar-refractivity contribution in [3.05, 3.63) is 11.8 Å². The van der Waals surface area contributed by atoms with Crippen LogP contribution >= 0.6 is 0 Å². The van der Waals surface area contributed by atoms with Crippen LogP contribution in [0.4, 0.5) is 10.6 Å². The van der Waals surface area contributed by atoms with Gasteiger partial charge in [0.1, 0.15) is 5.82 Å². The normalized spacial score (nSPS) is 26.4. The van der Waals surface area contributed by atoms with Crippen LogP contribution < -0.4 is 5.32 Å². The van der Waals surface area contributed by atoms with E-state index in [1.807, 2.05) is 24.9 Å². The lowest BCUT2D eigenvalue weighted by Crippen LogP contribution is -2.43. The molecular weight excluding hydrogens is 280 g/mol. The smallest absolute Gasteiger partial charge is 0.323 e. The van der Waals surface area contributed by atoms with Gasteiger partial charge < -0.3 is 10.0 Å². The van der Waals surface area contributed by atoms with Crippen LogP contribution in [0.15, 0.2) is 6.07 Å². The van der Waals surface area contributed by atoms with Gasteiger partial charge in [-0.2, -0.15) is 5.10 Å². The van der Waals surface area contributed by atoms with E-state index in [0.717, 1.165) is 5.69 Å². The first-order valence-electron chi connectivity index (χ1n) is 8.31. The van der Waals surface area contributed by atoms with E-state index in [0.29, 0.717) is 24.7 Å². The zero-order valence-corrected chi connectivity index (χ0v) is 13.5. The van der Waals surface area contributed by atoms with Crippen molar-refractivity contribution in [2.75, 3.05) is 11.9 Å². The second-order valence-electron chi connectivity index (χ2n) is 6.73. The number of anilines is 1. The van der Waals surface area contributed by atoms with E-state index in [1.54, 1.807) is 4.68 Å². The maximum atomic E-state index is 12.6. The van der Waals surface area contributed by atoms with Gasteiger partial charge in [0.25, 0.3) is 0 Å². The second-order valence-corrected chi connectivity index (χ2v) is 6.73. The van der Waals surface area contributed by atoms with Crippen LogP contribution in [-0.4, -0.2) is 44.5 Å². The van der Waals surface area contributed by atoms with Gasteiger partial charge in [-0.25, -0.2) is 4.79 Å². The first kappa shape index (κ1) is 15.3. The van der Waals surface area contributed by atoms with Gasteiger partial charge in [0.2, 0.25) is 0 Å². The molecule has 2 N–H and O–H groups in total. The molecule has 2 atom stereocenters. The van der Waals surface area contributed by atoms with E-state index in [-0.39, 0.29) is 12.1 Å². The number of urea groups is 1. The number of rotatable bonds is 2. The minimum Gasteiger partial charge on any atom is -0.391 e. The van der Waals surface area contributed by atoms with Crippen LogP contribution in [0, 0.1) is 12.8 Å². The summed E-state index contributed by atoms with van der Waals surface area (Å²) in [6, 6.07) is 1.92. The van der Waals surface area contributed by atoms with Crippen molar-refractivity contribution in [2.24, 2.45) is 13.0 Å². The topological polar surface area (TPSA) is 70.4 Å². The Morgan fingerprint density at radius 1 is 1.36 bits per heavy atom. The van der Waals surface area contributed by atoms with Crippen LogP contribution in [0.3, 0.4) is 0 Å². The van der Waals surface area contributed by atoms with Crippen LogP contribution in [-0.2, 0) is 7.05 Å². The number of carbonyl (C=O) groups is 1. The molecule has 0 radical (unpaired) electrons. The largest absolute Gasteiger partial charge is 0.391 e. The molecule has 6 nitrogen and oxygen atoms in total. The number of aryl methyl sites for hydroxylation is 2. The van der Waals surface area contributed by atoms with Crippen molar-refractivity contribution in [3.8, 4) is 0 Å². The van der Waals surface area contributed by atoms with Crippen molar-refractivity contribution in [2.45, 2.75) is 57.6 Å². The van der Waals surface area contributed by atoms with Gasteiger partial charge >= 0.3 is 6.03 Å². The van der Waals surface area contributed by atoms with Crippen LogP contribution in [0.25, 0.3) is 0 Å². The number of aliphatic hydroxyl groups is 1. The molecule has 0 bridgehead atoms. The third-order valence-corrected chi connectivity index (χ3v) is 5.01. The van der Waals surface area contributed by atoms with E-state index in [2.05, 4.69) is 10.4 Å². The summed E-state index contributed by atoms with van der Waals surface area (Å²) in [7, 11) is 1.82. The third kappa shape index (κ3) is 3.11. The summed E-state index contributed by atoms with van der Waals surface area (Å²) >= 11 is 0. The Hall–Kier alpha value is -1.56. The number of hydrogen-bond acceptors (Lipinski definition) is 3. The lowest BCUT2D eigenvalue weighted by Gasteiger charge is -2.33. The molecule has 2 aliphatic rings. The molecule has 2 heterocycles. The van der Waals surface area contributed by atoms with E-state index in [9.17, 15) is 9.90 Å². The summed E-state index contributed by atoms with van der Waals surface area (Å²) in [6.45, 7) is 2.34. The highest BCUT2D eigenvalue weighted by Crippen LogP contribution is 2.34. The summed E-state index contributed by atoms with van der Waals surface area (Å²) in [5, 5.41) is 17.2. The molecule has 0 unspecified atom stereocenters. The lowest BCUT2D eigenvalue weighted by molar-refractivity contribution is 0.164. The average Bonchev–Trinajstić information content (AvgIpc) is 3.03. The molecule has 6 heteroatoms. The number of aromatic nitrogens is 2. The molecule has 1 aromatic rings. The van der Waals surface area contributed by atoms with Crippen molar-refractivity contribution in [1.29, 1.82) is 0 Å². The molecule has 1 saturated carbocycles. The van der Waals surface area contributed by atoms with Crippen LogP contribution in [0.1, 0.15) is 44.2 Å². The summed E-state index contributed by atoms with van der Waals surface area (Å²) in [6.07, 6.45) is 6.44. The molecule has 0 spiro atoms. The number of carbonyl (C=O) groups excluding carboxylic acids is 1. The van der Waals surface area contributed by atoms with Crippen molar-refractivity contribution >= 4 is 11.8 Å². The standard InChI is InChI=1S/C16H26N4O2/c1-11-8-15(19(2)18-11)17-16(22)20-10-13(21)9-14(20)12-6-4-3-5-7-12/h8,12-14,21H,3-7,9-10H2,1-2H3,(H,17,22)/t13-,14-/m0/s1. The predicted molar refractivity (Wildman–Crippen MR) is 84.7 cm³/mol. The maximum Gasteiger partial charge on any atom is 0.323 e. The molecule has 1 aliphatic heterocycles. The van der Waals surface area contributed by atoms with E-state index in [1.165, 1.54) is 32.1 Å². The van der Waals surface area contributed by atoms with Gasteiger partial charge in [0.05, 0.1) is 11.8 Å². The Balaban J connectivity index is 1.70. The lowest BCUT2D eigenvalue weighted by atomic mass is 9.83. The van der Waals surface area contributed by atoms with E-state index < -0.39 is 6.10 Å². The fourth-order valence-electron chi connectivity index (χ4n) is 3.95. The molecular formula is C16H26N4O2. The van der Waals surface area contributed by atoms with Crippen LogP contribution in [0.5, 0.6) is 0 Å². The fourth-order valence-corrected chi connectivity index (χ4v) is 3.95. The highest BCUT2D eigenvalue weighted by atomic mass is 16.3. The molecule has 1 aliphatic carbocycles. The average molecular weight is 306 g/mol. The first-order chi connectivity index (χ1) is 10.5. The van der Waals surface area contributed by atoms with Crippen molar-refractivity contribution in [3.63, 3.8) is 0 Å². The molecule has 22 heavy (non-hydrogen) atoms. The van der Waals surface area contributed by atoms with Gasteiger partial charge in [-0.05, 0) is 32.1 Å². The Bertz CT molecular complexity index is 536. The predicted octanol–water partition coefficient (Wildman–Crippen LogP) is 2.28. The highest BCUT2D eigenvalue weighted by molar-refractivity contribution is 5.89. The third-order valence-electron chi connectivity index (χ3n) is 5.01. The minimum absolute atomic E-state index is 0.116. The molecule has 2 amide bonds. The number of likely N-dealkylation sites (tertiary alicyclic amines) is 1. The van der Waals surface area contributed by atoms with Gasteiger partial charge in [0, 0.05) is 25.7 Å². The van der Waals surface area contributed by atoms with Gasteiger partial charge in [0.15, 0.2) is 0 Å². The Kier molecular flexibility index (Phi) is 4.38. The second kappa shape index (κ2) is 6.28. The summed E-state index contributed by atoms with van der Waals surface area (Å²) in [4.78, 5) is 14.5. The number of amides is 2. The fraction of sp³-hybridized carbons (Fsp3) is 0.750. The van der Waals surface area contributed by atoms with Crippen molar-refractivity contribution < 1.29 is 9.90 Å². The summed E-state index contributed by atoms with van der Waals surface area (Å²) in [5.41, 5.74) is 0.878. The van der Waals surface area contributed by atoms with Gasteiger partial charge in [-0.1, -0.05) is 19.3 Å². The SMILES string of the molecule is Cc1cc(NC(=O)N2C[C@@H](O)C[C@H]2C2CCCCC2)n(C)n1. The molecule has 0 aromatic carbocycles. The maximum absolute atomic E-state index is 12.6. The number of aliphatic hydroxyl groups excluding tert-OH is 1. The number of hydrogen-bond donors (Lipinski definition) is 2. The minimum atomic E-state index is -0.397. The number of nitrogens with zero attached hydrogens (tertiary/aromatic N) is 3. The quantitative estimate of drug-likeness (QED) is 0.880. The van der Waals surface area contributed by atoms with Crippen molar-refractivity contribution in [1.82, 2.24) is 14.7 Å². The molecule has 1 aromatic heterocycles. The van der Waals surface area contributed by atoms with Crippen LogP contribution in [0.2, 0.25) is 0 Å². The first-order valence-corrected chi connectivity index (χ1v) is 8.31. The van der Waals surface area contributed by atoms with E-state index in [4.69, 9.17) is 0 Å². The zero-order valence-electron chi connectivity index (χ0n) is 13.5. The molecule has 122 valence electrons. The zero-order chi connectivity index (χ0) is 15.7. The van der Waals surface area contributed by atoms with E-state index >= 15 is 0 Å². The number of nitrogens with one attached hydrogen (secondary N) is 1. The molecule has 2 fully saturated rings. The monoisotopic (exact) mass is 306 g/mol. The highest BCUT2D eigenvalue weighted by Gasteiger charge is 2.39. The van der Waals surface area contributed by atoms with Gasteiger partial charge in [-0.15, -0.1) is 0 Å². The summed E-state index contributed by atoms with van der Waals surface area (Å²) in [5.74, 6) is 1.23. The molecule has 3 rings (SSSR count). The Morgan fingerprint density at radius 3 is 2.73 bits per heavy atom. The molecule has 1 saturated heterocycles.